The average molecular weight is 352 g/mol. The maximum Gasteiger partial charge on any atom is 0.264 e. The first kappa shape index (κ1) is 16.0. The summed E-state index contributed by atoms with van der Waals surface area (Å²) in [6, 6.07) is 12.0. The molecule has 0 aliphatic carbocycles. The molecular weight excluding hydrogens is 332 g/mol. The van der Waals surface area contributed by atoms with Crippen LogP contribution in [0.25, 0.3) is 11.4 Å². The van der Waals surface area contributed by atoms with Gasteiger partial charge >= 0.3 is 0 Å². The Morgan fingerprint density at radius 3 is 2.88 bits per heavy atom. The highest BCUT2D eigenvalue weighted by molar-refractivity contribution is 7.12. The van der Waals surface area contributed by atoms with Crippen LogP contribution in [0.5, 0.6) is 0 Å². The van der Waals surface area contributed by atoms with Gasteiger partial charge in [-0.1, -0.05) is 30.3 Å². The first-order valence-electron chi connectivity index (χ1n) is 8.53. The van der Waals surface area contributed by atoms with E-state index in [-0.39, 0.29) is 11.8 Å². The van der Waals surface area contributed by atoms with Gasteiger partial charge in [0.2, 0.25) is 0 Å². The third-order valence-electron chi connectivity index (χ3n) is 4.69. The molecule has 1 fully saturated rings. The lowest BCUT2D eigenvalue weighted by atomic mass is 9.97. The summed E-state index contributed by atoms with van der Waals surface area (Å²) in [7, 11) is 0. The Morgan fingerprint density at radius 1 is 1.28 bits per heavy atom. The summed E-state index contributed by atoms with van der Waals surface area (Å²) in [5.41, 5.74) is 2.06. The van der Waals surface area contributed by atoms with Crippen molar-refractivity contribution in [3.05, 3.63) is 58.0 Å². The molecule has 4 rings (SSSR count). The maximum atomic E-state index is 12.8. The van der Waals surface area contributed by atoms with Gasteiger partial charge in [0, 0.05) is 24.6 Å². The number of aromatic nitrogens is 3. The largest absolute Gasteiger partial charge is 0.337 e. The zero-order valence-corrected chi connectivity index (χ0v) is 14.9. The number of nitrogens with zero attached hydrogens (tertiary/aromatic N) is 3. The number of rotatable bonds is 3. The Hall–Kier alpha value is -2.47. The molecule has 1 aliphatic rings. The second-order valence-corrected chi connectivity index (χ2v) is 7.35. The van der Waals surface area contributed by atoms with Crippen molar-refractivity contribution in [2.75, 3.05) is 13.1 Å². The fraction of sp³-hybridized carbons (Fsp3) is 0.316. The molecule has 1 N–H and O–H groups in total. The highest BCUT2D eigenvalue weighted by Crippen LogP contribution is 2.28. The lowest BCUT2D eigenvalue weighted by Crippen LogP contribution is -2.39. The summed E-state index contributed by atoms with van der Waals surface area (Å²) in [5, 5.41) is 9.42. The van der Waals surface area contributed by atoms with Crippen LogP contribution in [0.15, 0.2) is 41.8 Å². The van der Waals surface area contributed by atoms with E-state index in [9.17, 15) is 4.79 Å². The standard InChI is InChI=1S/C19H20N4OS/c1-13-9-11-25-16(13)19(24)23-10-5-8-15(12-23)18-20-17(21-22-18)14-6-3-2-4-7-14/h2-4,6-7,9,11,15H,5,8,10,12H2,1H3,(H,20,21,22)/t15-/m1/s1. The molecule has 1 amide bonds. The predicted octanol–water partition coefficient (Wildman–Crippen LogP) is 3.86. The number of amides is 1. The first-order chi connectivity index (χ1) is 12.2. The molecule has 128 valence electrons. The van der Waals surface area contributed by atoms with E-state index in [1.807, 2.05) is 53.6 Å². The molecule has 1 saturated heterocycles. The van der Waals surface area contributed by atoms with Crippen LogP contribution in [0.1, 0.15) is 39.8 Å². The van der Waals surface area contributed by atoms with Gasteiger partial charge in [0.05, 0.1) is 4.88 Å². The van der Waals surface area contributed by atoms with E-state index in [1.54, 1.807) is 0 Å². The highest BCUT2D eigenvalue weighted by Gasteiger charge is 2.28. The molecule has 3 aromatic rings. The van der Waals surface area contributed by atoms with E-state index >= 15 is 0 Å². The SMILES string of the molecule is Cc1ccsc1C(=O)N1CCC[C@@H](c2nc(-c3ccccc3)n[nH]2)C1. The summed E-state index contributed by atoms with van der Waals surface area (Å²) < 4.78 is 0. The summed E-state index contributed by atoms with van der Waals surface area (Å²) >= 11 is 1.52. The van der Waals surface area contributed by atoms with Crippen LogP contribution in [0.3, 0.4) is 0 Å². The highest BCUT2D eigenvalue weighted by atomic mass is 32.1. The van der Waals surface area contributed by atoms with Gasteiger partial charge in [-0.3, -0.25) is 9.89 Å². The van der Waals surface area contributed by atoms with E-state index < -0.39 is 0 Å². The minimum absolute atomic E-state index is 0.139. The fourth-order valence-corrected chi connectivity index (χ4v) is 4.19. The molecule has 25 heavy (non-hydrogen) atoms. The molecule has 0 saturated carbocycles. The van der Waals surface area contributed by atoms with Gasteiger partial charge in [0.25, 0.3) is 5.91 Å². The minimum atomic E-state index is 0.139. The normalized spacial score (nSPS) is 17.6. The van der Waals surface area contributed by atoms with Crippen LogP contribution < -0.4 is 0 Å². The number of H-pyrrole nitrogens is 1. The van der Waals surface area contributed by atoms with Gasteiger partial charge in [0.1, 0.15) is 5.82 Å². The van der Waals surface area contributed by atoms with Crippen LogP contribution in [0.4, 0.5) is 0 Å². The molecule has 1 aliphatic heterocycles. The molecule has 0 radical (unpaired) electrons. The Kier molecular flexibility index (Phi) is 4.36. The number of piperidine rings is 1. The number of aromatic amines is 1. The van der Waals surface area contributed by atoms with E-state index in [4.69, 9.17) is 0 Å². The zero-order valence-electron chi connectivity index (χ0n) is 14.1. The van der Waals surface area contributed by atoms with Gasteiger partial charge in [0.15, 0.2) is 5.82 Å². The number of carbonyl (C=O) groups is 1. The lowest BCUT2D eigenvalue weighted by molar-refractivity contribution is 0.0709. The Balaban J connectivity index is 1.51. The molecule has 5 nitrogen and oxygen atoms in total. The summed E-state index contributed by atoms with van der Waals surface area (Å²) in [6.45, 7) is 3.50. The maximum absolute atomic E-state index is 12.8. The number of nitrogens with one attached hydrogen (secondary N) is 1. The van der Waals surface area contributed by atoms with E-state index in [0.29, 0.717) is 12.4 Å². The van der Waals surface area contributed by atoms with Crippen LogP contribution >= 0.6 is 11.3 Å². The van der Waals surface area contributed by atoms with Crippen LogP contribution in [0.2, 0.25) is 0 Å². The number of aryl methyl sites for hydroxylation is 1. The molecule has 0 unspecified atom stereocenters. The van der Waals surface area contributed by atoms with Crippen molar-refractivity contribution >= 4 is 17.2 Å². The summed E-state index contributed by atoms with van der Waals surface area (Å²) in [4.78, 5) is 20.3. The predicted molar refractivity (Wildman–Crippen MR) is 98.8 cm³/mol. The molecule has 2 aromatic heterocycles. The second kappa shape index (κ2) is 6.80. The molecule has 1 atom stereocenters. The second-order valence-electron chi connectivity index (χ2n) is 6.43. The van der Waals surface area contributed by atoms with Crippen molar-refractivity contribution in [2.24, 2.45) is 0 Å². The van der Waals surface area contributed by atoms with Crippen LogP contribution in [0, 0.1) is 6.92 Å². The Bertz CT molecular complexity index is 870. The number of hydrogen-bond acceptors (Lipinski definition) is 4. The first-order valence-corrected chi connectivity index (χ1v) is 9.41. The van der Waals surface area contributed by atoms with Crippen molar-refractivity contribution in [3.8, 4) is 11.4 Å². The molecule has 1 aromatic carbocycles. The number of hydrogen-bond donors (Lipinski definition) is 1. The third kappa shape index (κ3) is 3.22. The number of carbonyl (C=O) groups excluding carboxylic acids is 1. The topological polar surface area (TPSA) is 61.9 Å². The number of likely N-dealkylation sites (tertiary alicyclic amines) is 1. The molecule has 0 spiro atoms. The third-order valence-corrected chi connectivity index (χ3v) is 5.69. The molecular formula is C19H20N4OS. The van der Waals surface area contributed by atoms with E-state index in [1.165, 1.54) is 11.3 Å². The van der Waals surface area contributed by atoms with E-state index in [0.717, 1.165) is 41.2 Å². The van der Waals surface area contributed by atoms with Crippen molar-refractivity contribution in [3.63, 3.8) is 0 Å². The van der Waals surface area contributed by atoms with Crippen molar-refractivity contribution in [1.29, 1.82) is 0 Å². The van der Waals surface area contributed by atoms with Crippen LogP contribution in [-0.2, 0) is 0 Å². The summed E-state index contributed by atoms with van der Waals surface area (Å²) in [5.74, 6) is 1.94. The minimum Gasteiger partial charge on any atom is -0.337 e. The molecule has 3 heterocycles. The quantitative estimate of drug-likeness (QED) is 0.778. The number of benzene rings is 1. The Morgan fingerprint density at radius 2 is 2.12 bits per heavy atom. The van der Waals surface area contributed by atoms with Gasteiger partial charge in [-0.15, -0.1) is 11.3 Å². The monoisotopic (exact) mass is 352 g/mol. The Labute approximate surface area is 150 Å². The van der Waals surface area contributed by atoms with Gasteiger partial charge < -0.3 is 4.90 Å². The van der Waals surface area contributed by atoms with Crippen molar-refractivity contribution in [1.82, 2.24) is 20.1 Å². The van der Waals surface area contributed by atoms with Crippen molar-refractivity contribution in [2.45, 2.75) is 25.7 Å². The van der Waals surface area contributed by atoms with Crippen LogP contribution in [-0.4, -0.2) is 39.1 Å². The molecule has 0 bridgehead atoms. The fourth-order valence-electron chi connectivity index (χ4n) is 3.29. The number of thiophene rings is 1. The van der Waals surface area contributed by atoms with Gasteiger partial charge in [-0.25, -0.2) is 4.98 Å². The summed E-state index contributed by atoms with van der Waals surface area (Å²) in [6.07, 6.45) is 2.01. The van der Waals surface area contributed by atoms with Crippen molar-refractivity contribution < 1.29 is 4.79 Å². The van der Waals surface area contributed by atoms with E-state index in [2.05, 4.69) is 15.2 Å². The van der Waals surface area contributed by atoms with Gasteiger partial charge in [-0.05, 0) is 36.8 Å². The zero-order chi connectivity index (χ0) is 17.2. The smallest absolute Gasteiger partial charge is 0.264 e. The lowest BCUT2D eigenvalue weighted by Gasteiger charge is -2.31. The average Bonchev–Trinajstić information content (AvgIpc) is 3.31. The van der Waals surface area contributed by atoms with Gasteiger partial charge in [-0.2, -0.15) is 5.10 Å². The molecule has 6 heteroatoms.